The van der Waals surface area contributed by atoms with Crippen LogP contribution in [0, 0.1) is 15.9 Å². The first-order valence-corrected chi connectivity index (χ1v) is 11.3. The van der Waals surface area contributed by atoms with Crippen molar-refractivity contribution in [3.8, 4) is 11.1 Å². The van der Waals surface area contributed by atoms with Crippen LogP contribution in [-0.2, 0) is 0 Å². The lowest BCUT2D eigenvalue weighted by molar-refractivity contribution is -0.384. The molecule has 0 aromatic heterocycles. The number of nitro groups is 1. The van der Waals surface area contributed by atoms with Crippen molar-refractivity contribution in [1.82, 2.24) is 0 Å². The lowest BCUT2D eigenvalue weighted by Gasteiger charge is -2.23. The molecule has 1 saturated carbocycles. The highest BCUT2D eigenvalue weighted by Gasteiger charge is 2.19. The normalized spacial score (nSPS) is 14.3. The summed E-state index contributed by atoms with van der Waals surface area (Å²) in [6, 6.07) is 16.0. The minimum absolute atomic E-state index is 0.00811. The molecule has 1 aliphatic rings. The first kappa shape index (κ1) is 23.2. The number of carbonyl (C=O) groups is 1. The quantitative estimate of drug-likeness (QED) is 0.225. The van der Waals surface area contributed by atoms with Gasteiger partial charge in [0.1, 0.15) is 11.5 Å². The standard InChI is InChI=1S/C27H25FN2O4/c28-22-12-9-19(10-13-22)20-11-14-24(27(31)32)21(17-20)8-6-18-7-15-25(26(16-18)30(33)34)29-23-4-2-1-3-5-23/h6-17,23,29H,1-5H2,(H,31,32). The summed E-state index contributed by atoms with van der Waals surface area (Å²) in [4.78, 5) is 23.0. The Bertz CT molecular complexity index is 1230. The van der Waals surface area contributed by atoms with Crippen LogP contribution in [-0.4, -0.2) is 22.0 Å². The van der Waals surface area contributed by atoms with E-state index in [1.807, 2.05) is 0 Å². The molecular weight excluding hydrogens is 435 g/mol. The molecule has 3 aromatic rings. The first-order valence-electron chi connectivity index (χ1n) is 11.3. The van der Waals surface area contributed by atoms with Gasteiger partial charge in [-0.25, -0.2) is 9.18 Å². The molecule has 174 valence electrons. The number of rotatable bonds is 7. The van der Waals surface area contributed by atoms with Crippen LogP contribution < -0.4 is 5.32 Å². The van der Waals surface area contributed by atoms with Gasteiger partial charge in [0.2, 0.25) is 0 Å². The number of nitro benzene ring substituents is 1. The summed E-state index contributed by atoms with van der Waals surface area (Å²) in [6.07, 6.45) is 8.73. The lowest BCUT2D eigenvalue weighted by atomic mass is 9.95. The maximum atomic E-state index is 13.3. The largest absolute Gasteiger partial charge is 0.478 e. The summed E-state index contributed by atoms with van der Waals surface area (Å²) in [7, 11) is 0. The average Bonchev–Trinajstić information content (AvgIpc) is 2.84. The predicted molar refractivity (Wildman–Crippen MR) is 131 cm³/mol. The minimum atomic E-state index is -1.08. The van der Waals surface area contributed by atoms with E-state index in [-0.39, 0.29) is 23.1 Å². The second-order valence-corrected chi connectivity index (χ2v) is 8.46. The SMILES string of the molecule is O=C(O)c1ccc(-c2ccc(F)cc2)cc1C=Cc1ccc(NC2CCCCC2)c([N+](=O)[O-])c1. The molecule has 0 saturated heterocycles. The van der Waals surface area contributed by atoms with E-state index in [0.717, 1.165) is 36.8 Å². The van der Waals surface area contributed by atoms with Gasteiger partial charge >= 0.3 is 5.97 Å². The zero-order valence-electron chi connectivity index (χ0n) is 18.5. The van der Waals surface area contributed by atoms with Crippen molar-refractivity contribution < 1.29 is 19.2 Å². The Hall–Kier alpha value is -4.00. The lowest BCUT2D eigenvalue weighted by Crippen LogP contribution is -2.22. The highest BCUT2D eigenvalue weighted by Crippen LogP contribution is 2.30. The number of halogens is 1. The number of anilines is 1. The van der Waals surface area contributed by atoms with Gasteiger partial charge in [0.25, 0.3) is 5.69 Å². The van der Waals surface area contributed by atoms with Crippen molar-refractivity contribution in [3.63, 3.8) is 0 Å². The summed E-state index contributed by atoms with van der Waals surface area (Å²) in [5, 5.41) is 24.6. The van der Waals surface area contributed by atoms with Gasteiger partial charge in [-0.3, -0.25) is 10.1 Å². The summed E-state index contributed by atoms with van der Waals surface area (Å²) in [5.74, 6) is -1.43. The molecule has 1 fully saturated rings. The Morgan fingerprint density at radius 2 is 1.68 bits per heavy atom. The van der Waals surface area contributed by atoms with Gasteiger partial charge in [0.05, 0.1) is 10.5 Å². The van der Waals surface area contributed by atoms with Gasteiger partial charge in [-0.15, -0.1) is 0 Å². The van der Waals surface area contributed by atoms with Crippen LogP contribution in [0.4, 0.5) is 15.8 Å². The summed E-state index contributed by atoms with van der Waals surface area (Å²) in [6.45, 7) is 0. The van der Waals surface area contributed by atoms with Crippen molar-refractivity contribution >= 4 is 29.5 Å². The fraction of sp³-hybridized carbons (Fsp3) is 0.222. The third kappa shape index (κ3) is 5.49. The van der Waals surface area contributed by atoms with Crippen LogP contribution >= 0.6 is 0 Å². The molecule has 6 nitrogen and oxygen atoms in total. The highest BCUT2D eigenvalue weighted by molar-refractivity contribution is 5.94. The number of hydrogen-bond donors (Lipinski definition) is 2. The molecule has 0 amide bonds. The molecule has 3 aromatic carbocycles. The number of hydrogen-bond acceptors (Lipinski definition) is 4. The molecule has 2 N–H and O–H groups in total. The van der Waals surface area contributed by atoms with Crippen molar-refractivity contribution in [1.29, 1.82) is 0 Å². The van der Waals surface area contributed by atoms with Gasteiger partial charge in [0.15, 0.2) is 0 Å². The third-order valence-corrected chi connectivity index (χ3v) is 6.10. The number of nitrogens with one attached hydrogen (secondary N) is 1. The van der Waals surface area contributed by atoms with Crippen LogP contribution in [0.15, 0.2) is 60.7 Å². The van der Waals surface area contributed by atoms with Crippen molar-refractivity contribution in [2.24, 2.45) is 0 Å². The molecule has 0 unspecified atom stereocenters. The van der Waals surface area contributed by atoms with Crippen molar-refractivity contribution in [2.75, 3.05) is 5.32 Å². The van der Waals surface area contributed by atoms with E-state index >= 15 is 0 Å². The molecule has 0 radical (unpaired) electrons. The number of carboxylic acids is 1. The Labute approximate surface area is 196 Å². The molecule has 0 atom stereocenters. The molecular formula is C27H25FN2O4. The second-order valence-electron chi connectivity index (χ2n) is 8.46. The molecule has 0 spiro atoms. The zero-order valence-corrected chi connectivity index (χ0v) is 18.5. The number of aromatic carboxylic acids is 1. The molecule has 4 rings (SSSR count). The van der Waals surface area contributed by atoms with Crippen LogP contribution in [0.5, 0.6) is 0 Å². The smallest absolute Gasteiger partial charge is 0.336 e. The predicted octanol–water partition coefficient (Wildman–Crippen LogP) is 7.01. The van der Waals surface area contributed by atoms with Crippen molar-refractivity contribution in [3.05, 3.63) is 93.3 Å². The monoisotopic (exact) mass is 460 g/mol. The average molecular weight is 461 g/mol. The Morgan fingerprint density at radius 3 is 2.35 bits per heavy atom. The van der Waals surface area contributed by atoms with Crippen LogP contribution in [0.1, 0.15) is 53.6 Å². The highest BCUT2D eigenvalue weighted by atomic mass is 19.1. The molecule has 1 aliphatic carbocycles. The van der Waals surface area contributed by atoms with Gasteiger partial charge < -0.3 is 10.4 Å². The van der Waals surface area contributed by atoms with Gasteiger partial charge in [-0.05, 0) is 65.4 Å². The van der Waals surface area contributed by atoms with Gasteiger partial charge in [-0.1, -0.05) is 55.7 Å². The Kier molecular flexibility index (Phi) is 7.01. The van der Waals surface area contributed by atoms with E-state index in [4.69, 9.17) is 0 Å². The summed E-state index contributed by atoms with van der Waals surface area (Å²) < 4.78 is 13.3. The Morgan fingerprint density at radius 1 is 0.971 bits per heavy atom. The van der Waals surface area contributed by atoms with E-state index in [0.29, 0.717) is 16.8 Å². The molecule has 34 heavy (non-hydrogen) atoms. The fourth-order valence-corrected chi connectivity index (χ4v) is 4.30. The van der Waals surface area contributed by atoms with E-state index in [1.165, 1.54) is 30.7 Å². The number of nitrogens with zero attached hydrogens (tertiary/aromatic N) is 1. The summed E-state index contributed by atoms with van der Waals surface area (Å²) in [5.41, 5.74) is 3.12. The number of carboxylic acid groups (broad SMARTS) is 1. The first-order chi connectivity index (χ1) is 16.4. The van der Waals surface area contributed by atoms with Gasteiger partial charge in [-0.2, -0.15) is 0 Å². The molecule has 0 bridgehead atoms. The fourth-order valence-electron chi connectivity index (χ4n) is 4.30. The zero-order chi connectivity index (χ0) is 24.1. The van der Waals surface area contributed by atoms with Crippen LogP contribution in [0.2, 0.25) is 0 Å². The molecule has 0 heterocycles. The van der Waals surface area contributed by atoms with Crippen molar-refractivity contribution in [2.45, 2.75) is 38.1 Å². The maximum absolute atomic E-state index is 13.3. The van der Waals surface area contributed by atoms with Crippen LogP contribution in [0.3, 0.4) is 0 Å². The maximum Gasteiger partial charge on any atom is 0.336 e. The van der Waals surface area contributed by atoms with E-state index in [9.17, 15) is 24.4 Å². The topological polar surface area (TPSA) is 92.5 Å². The Balaban J connectivity index is 1.63. The van der Waals surface area contributed by atoms with E-state index < -0.39 is 10.9 Å². The van der Waals surface area contributed by atoms with Crippen LogP contribution in [0.25, 0.3) is 23.3 Å². The number of benzene rings is 3. The second kappa shape index (κ2) is 10.3. The van der Waals surface area contributed by atoms with E-state index in [2.05, 4.69) is 5.32 Å². The molecule has 7 heteroatoms. The summed E-state index contributed by atoms with van der Waals surface area (Å²) >= 11 is 0. The molecule has 0 aliphatic heterocycles. The third-order valence-electron chi connectivity index (χ3n) is 6.10. The van der Waals surface area contributed by atoms with Gasteiger partial charge in [0, 0.05) is 12.1 Å². The van der Waals surface area contributed by atoms with E-state index in [1.54, 1.807) is 48.6 Å². The minimum Gasteiger partial charge on any atom is -0.478 e.